The largest absolute Gasteiger partial charge is 0.456 e. The average molecular weight is 349 g/mol. The number of oxime groups is 1. The van der Waals surface area contributed by atoms with Crippen LogP contribution < -0.4 is 10.5 Å². The number of hydrogen-bond acceptors (Lipinski definition) is 3. The van der Waals surface area contributed by atoms with Gasteiger partial charge in [0.2, 0.25) is 0 Å². The lowest BCUT2D eigenvalue weighted by Crippen LogP contribution is -2.15. The van der Waals surface area contributed by atoms with Crippen molar-refractivity contribution in [2.75, 3.05) is 0 Å². The van der Waals surface area contributed by atoms with Gasteiger partial charge in [-0.05, 0) is 45.6 Å². The Balaban J connectivity index is 2.48. The van der Waals surface area contributed by atoms with E-state index in [1.165, 1.54) is 0 Å². The molecule has 2 rings (SSSR count). The molecule has 3 N–H and O–H groups in total. The maximum absolute atomic E-state index is 8.93. The van der Waals surface area contributed by atoms with Crippen LogP contribution in [0.15, 0.2) is 52.1 Å². The highest BCUT2D eigenvalue weighted by atomic mass is 79.9. The number of halogens is 1. The second-order valence-electron chi connectivity index (χ2n) is 4.89. The van der Waals surface area contributed by atoms with Crippen molar-refractivity contribution in [1.82, 2.24) is 0 Å². The molecule has 0 aliphatic rings. The molecule has 0 saturated heterocycles. The number of amidine groups is 1. The van der Waals surface area contributed by atoms with Crippen LogP contribution in [0.5, 0.6) is 11.5 Å². The summed E-state index contributed by atoms with van der Waals surface area (Å²) in [6.45, 7) is 4.21. The molecule has 2 aromatic carbocycles. The smallest absolute Gasteiger partial charge is 0.175 e. The molecule has 0 spiro atoms. The third-order valence-corrected chi connectivity index (χ3v) is 3.76. The van der Waals surface area contributed by atoms with Gasteiger partial charge in [0.15, 0.2) is 5.84 Å². The van der Waals surface area contributed by atoms with Gasteiger partial charge in [0, 0.05) is 4.47 Å². The van der Waals surface area contributed by atoms with Crippen LogP contribution in [0.2, 0.25) is 0 Å². The highest BCUT2D eigenvalue weighted by Crippen LogP contribution is 2.34. The van der Waals surface area contributed by atoms with Crippen LogP contribution in [0.3, 0.4) is 0 Å². The lowest BCUT2D eigenvalue weighted by molar-refractivity contribution is 0.318. The maximum atomic E-state index is 8.93. The van der Waals surface area contributed by atoms with E-state index in [9.17, 15) is 0 Å². The van der Waals surface area contributed by atoms with Crippen molar-refractivity contribution in [3.05, 3.63) is 58.1 Å². The first kappa shape index (κ1) is 15.4. The van der Waals surface area contributed by atoms with Crippen LogP contribution in [-0.4, -0.2) is 11.0 Å². The zero-order valence-electron chi connectivity index (χ0n) is 11.9. The number of nitrogens with two attached hydrogens (primary N) is 1. The third kappa shape index (κ3) is 3.36. The first-order chi connectivity index (χ1) is 10.0. The summed E-state index contributed by atoms with van der Waals surface area (Å²) in [4.78, 5) is 0. The van der Waals surface area contributed by atoms with Gasteiger partial charge in [-0.15, -0.1) is 0 Å². The van der Waals surface area contributed by atoms with Gasteiger partial charge in [0.05, 0.1) is 5.56 Å². The fraction of sp³-hybridized carbons (Fsp3) is 0.188. The highest BCUT2D eigenvalue weighted by Gasteiger charge is 2.15. The van der Waals surface area contributed by atoms with E-state index >= 15 is 0 Å². The molecule has 0 unspecified atom stereocenters. The Morgan fingerprint density at radius 3 is 2.48 bits per heavy atom. The lowest BCUT2D eigenvalue weighted by Gasteiger charge is -2.16. The van der Waals surface area contributed by atoms with E-state index < -0.39 is 0 Å². The van der Waals surface area contributed by atoms with Gasteiger partial charge in [-0.2, -0.15) is 0 Å². The van der Waals surface area contributed by atoms with Crippen LogP contribution >= 0.6 is 15.9 Å². The van der Waals surface area contributed by atoms with Crippen molar-refractivity contribution >= 4 is 21.8 Å². The van der Waals surface area contributed by atoms with E-state index in [2.05, 4.69) is 34.9 Å². The topological polar surface area (TPSA) is 67.8 Å². The van der Waals surface area contributed by atoms with Gasteiger partial charge >= 0.3 is 0 Å². The molecule has 0 bridgehead atoms. The van der Waals surface area contributed by atoms with E-state index in [-0.39, 0.29) is 5.84 Å². The standard InChI is InChI=1S/C16H17BrN2O2/c1-10(2)11-6-3-4-8-13(11)21-14-9-5-7-12(17)15(14)16(18)19-20/h3-10,20H,1-2H3,(H2,18,19). The molecule has 0 aromatic heterocycles. The molecule has 0 atom stereocenters. The van der Waals surface area contributed by atoms with Gasteiger partial charge in [-0.25, -0.2) is 0 Å². The summed E-state index contributed by atoms with van der Waals surface area (Å²) in [5.41, 5.74) is 7.36. The molecular weight excluding hydrogens is 332 g/mol. The fourth-order valence-corrected chi connectivity index (χ4v) is 2.61. The highest BCUT2D eigenvalue weighted by molar-refractivity contribution is 9.10. The summed E-state index contributed by atoms with van der Waals surface area (Å²) in [5, 5.41) is 12.0. The second-order valence-corrected chi connectivity index (χ2v) is 5.75. The number of benzene rings is 2. The summed E-state index contributed by atoms with van der Waals surface area (Å²) in [6.07, 6.45) is 0. The van der Waals surface area contributed by atoms with Crippen LogP contribution in [-0.2, 0) is 0 Å². The molecule has 5 heteroatoms. The van der Waals surface area contributed by atoms with Crippen molar-refractivity contribution in [3.8, 4) is 11.5 Å². The lowest BCUT2D eigenvalue weighted by atomic mass is 10.0. The summed E-state index contributed by atoms with van der Waals surface area (Å²) in [7, 11) is 0. The Labute approximate surface area is 132 Å². The van der Waals surface area contributed by atoms with E-state index in [0.29, 0.717) is 21.7 Å². The van der Waals surface area contributed by atoms with Crippen molar-refractivity contribution < 1.29 is 9.94 Å². The maximum Gasteiger partial charge on any atom is 0.175 e. The summed E-state index contributed by atoms with van der Waals surface area (Å²) in [6, 6.07) is 13.3. The van der Waals surface area contributed by atoms with Gasteiger partial charge < -0.3 is 15.7 Å². The minimum atomic E-state index is -0.000460. The summed E-state index contributed by atoms with van der Waals surface area (Å²) in [5.74, 6) is 1.63. The van der Waals surface area contributed by atoms with Crippen LogP contribution in [0.4, 0.5) is 0 Å². The Morgan fingerprint density at radius 2 is 1.81 bits per heavy atom. The van der Waals surface area contributed by atoms with E-state index in [1.54, 1.807) is 6.07 Å². The number of para-hydroxylation sites is 1. The molecule has 110 valence electrons. The van der Waals surface area contributed by atoms with E-state index in [1.807, 2.05) is 36.4 Å². The van der Waals surface area contributed by atoms with E-state index in [0.717, 1.165) is 11.3 Å². The van der Waals surface area contributed by atoms with Crippen molar-refractivity contribution in [3.63, 3.8) is 0 Å². The first-order valence-corrected chi connectivity index (χ1v) is 7.37. The number of ether oxygens (including phenoxy) is 1. The number of hydrogen-bond donors (Lipinski definition) is 2. The van der Waals surface area contributed by atoms with Gasteiger partial charge in [-0.3, -0.25) is 0 Å². The van der Waals surface area contributed by atoms with Crippen LogP contribution in [0.25, 0.3) is 0 Å². The molecule has 0 saturated carbocycles. The normalized spacial score (nSPS) is 11.7. The minimum Gasteiger partial charge on any atom is -0.456 e. The quantitative estimate of drug-likeness (QED) is 0.371. The predicted octanol–water partition coefficient (Wildman–Crippen LogP) is 4.46. The molecule has 0 amide bonds. The van der Waals surface area contributed by atoms with E-state index in [4.69, 9.17) is 15.7 Å². The molecule has 0 fully saturated rings. The van der Waals surface area contributed by atoms with Crippen molar-refractivity contribution in [2.45, 2.75) is 19.8 Å². The Kier molecular flexibility index (Phi) is 4.85. The number of rotatable bonds is 4. The van der Waals surface area contributed by atoms with Gasteiger partial charge in [-0.1, -0.05) is 43.3 Å². The molecule has 2 aromatic rings. The summed E-state index contributed by atoms with van der Waals surface area (Å²) < 4.78 is 6.71. The molecule has 0 aliphatic carbocycles. The summed E-state index contributed by atoms with van der Waals surface area (Å²) >= 11 is 3.40. The minimum absolute atomic E-state index is 0.000460. The molecule has 4 nitrogen and oxygen atoms in total. The predicted molar refractivity (Wildman–Crippen MR) is 87.3 cm³/mol. The third-order valence-electron chi connectivity index (χ3n) is 3.10. The second kappa shape index (κ2) is 6.63. The molecular formula is C16H17BrN2O2. The van der Waals surface area contributed by atoms with Crippen LogP contribution in [0, 0.1) is 0 Å². The SMILES string of the molecule is CC(C)c1ccccc1Oc1cccc(Br)c1/C(N)=N/O. The van der Waals surface area contributed by atoms with Crippen molar-refractivity contribution in [1.29, 1.82) is 0 Å². The Morgan fingerprint density at radius 1 is 1.14 bits per heavy atom. The monoisotopic (exact) mass is 348 g/mol. The zero-order chi connectivity index (χ0) is 15.4. The first-order valence-electron chi connectivity index (χ1n) is 6.57. The molecule has 21 heavy (non-hydrogen) atoms. The van der Waals surface area contributed by atoms with Gasteiger partial charge in [0.1, 0.15) is 11.5 Å². The average Bonchev–Trinajstić information content (AvgIpc) is 2.47. The molecule has 0 radical (unpaired) electrons. The van der Waals surface area contributed by atoms with Gasteiger partial charge in [0.25, 0.3) is 0 Å². The molecule has 0 heterocycles. The van der Waals surface area contributed by atoms with Crippen molar-refractivity contribution in [2.24, 2.45) is 10.9 Å². The fourth-order valence-electron chi connectivity index (χ4n) is 2.06. The zero-order valence-corrected chi connectivity index (χ0v) is 13.5. The Bertz CT molecular complexity index is 669. The number of nitrogens with zero attached hydrogens (tertiary/aromatic N) is 1. The molecule has 0 aliphatic heterocycles. The Hall–Kier alpha value is -2.01. The van der Waals surface area contributed by atoms with Crippen LogP contribution in [0.1, 0.15) is 30.9 Å².